The predicted molar refractivity (Wildman–Crippen MR) is 74.1 cm³/mol. The summed E-state index contributed by atoms with van der Waals surface area (Å²) >= 11 is 0. The zero-order valence-electron chi connectivity index (χ0n) is 11.1. The molecule has 0 spiro atoms. The minimum atomic E-state index is -3.35. The van der Waals surface area contributed by atoms with Gasteiger partial charge < -0.3 is 11.1 Å². The van der Waals surface area contributed by atoms with E-state index in [-0.39, 0.29) is 10.9 Å². The van der Waals surface area contributed by atoms with Crippen LogP contribution in [-0.4, -0.2) is 39.4 Å². The zero-order valence-corrected chi connectivity index (χ0v) is 11.9. The molecule has 0 aliphatic heterocycles. The third-order valence-corrected chi connectivity index (χ3v) is 4.55. The standard InChI is InChI=1S/C12H21N3O2S/c1-4-10(13)9-14-11-5-7-12(8-6-11)18(16,17)15(2)3/h5-8,10,14H,4,9,13H2,1-3H3. The third-order valence-electron chi connectivity index (χ3n) is 2.73. The molecule has 1 unspecified atom stereocenters. The highest BCUT2D eigenvalue weighted by Crippen LogP contribution is 2.16. The van der Waals surface area contributed by atoms with Crippen molar-refractivity contribution in [2.75, 3.05) is 26.0 Å². The van der Waals surface area contributed by atoms with E-state index < -0.39 is 10.0 Å². The first kappa shape index (κ1) is 14.9. The van der Waals surface area contributed by atoms with Gasteiger partial charge in [-0.05, 0) is 30.7 Å². The van der Waals surface area contributed by atoms with Gasteiger partial charge in [-0.3, -0.25) is 0 Å². The lowest BCUT2D eigenvalue weighted by molar-refractivity contribution is 0.521. The molecule has 0 heterocycles. The highest BCUT2D eigenvalue weighted by Gasteiger charge is 2.16. The van der Waals surface area contributed by atoms with Gasteiger partial charge in [-0.25, -0.2) is 12.7 Å². The molecule has 3 N–H and O–H groups in total. The summed E-state index contributed by atoms with van der Waals surface area (Å²) in [7, 11) is -0.317. The number of anilines is 1. The number of nitrogens with two attached hydrogens (primary N) is 1. The fourth-order valence-corrected chi connectivity index (χ4v) is 2.25. The number of rotatable bonds is 6. The van der Waals surface area contributed by atoms with Crippen LogP contribution in [0.3, 0.4) is 0 Å². The summed E-state index contributed by atoms with van der Waals surface area (Å²) in [6.07, 6.45) is 0.903. The first-order chi connectivity index (χ1) is 8.37. The summed E-state index contributed by atoms with van der Waals surface area (Å²) in [5, 5.41) is 3.17. The van der Waals surface area contributed by atoms with Crippen LogP contribution < -0.4 is 11.1 Å². The summed E-state index contributed by atoms with van der Waals surface area (Å²) in [5.41, 5.74) is 6.67. The maximum Gasteiger partial charge on any atom is 0.242 e. The van der Waals surface area contributed by atoms with Crippen molar-refractivity contribution in [2.45, 2.75) is 24.3 Å². The van der Waals surface area contributed by atoms with Crippen molar-refractivity contribution in [3.63, 3.8) is 0 Å². The van der Waals surface area contributed by atoms with Gasteiger partial charge >= 0.3 is 0 Å². The Morgan fingerprint density at radius 3 is 2.28 bits per heavy atom. The molecule has 1 rings (SSSR count). The average Bonchev–Trinajstić information content (AvgIpc) is 2.36. The first-order valence-corrected chi connectivity index (χ1v) is 7.34. The average molecular weight is 271 g/mol. The SMILES string of the molecule is CCC(N)CNc1ccc(S(=O)(=O)N(C)C)cc1. The molecule has 1 aromatic carbocycles. The highest BCUT2D eigenvalue weighted by molar-refractivity contribution is 7.89. The molecule has 1 atom stereocenters. The summed E-state index contributed by atoms with van der Waals surface area (Å²) in [6.45, 7) is 2.70. The van der Waals surface area contributed by atoms with E-state index in [4.69, 9.17) is 5.73 Å². The van der Waals surface area contributed by atoms with Gasteiger partial charge in [0.05, 0.1) is 4.90 Å². The number of hydrogen-bond donors (Lipinski definition) is 2. The normalized spacial score (nSPS) is 13.6. The molecular formula is C12H21N3O2S. The van der Waals surface area contributed by atoms with Crippen LogP contribution in [0.1, 0.15) is 13.3 Å². The van der Waals surface area contributed by atoms with Crippen molar-refractivity contribution in [1.82, 2.24) is 4.31 Å². The lowest BCUT2D eigenvalue weighted by Crippen LogP contribution is -2.28. The van der Waals surface area contributed by atoms with Crippen molar-refractivity contribution >= 4 is 15.7 Å². The van der Waals surface area contributed by atoms with Gasteiger partial charge in [0.1, 0.15) is 0 Å². The van der Waals surface area contributed by atoms with Crippen molar-refractivity contribution < 1.29 is 8.42 Å². The van der Waals surface area contributed by atoms with Crippen LogP contribution in [-0.2, 0) is 10.0 Å². The van der Waals surface area contributed by atoms with E-state index in [9.17, 15) is 8.42 Å². The lowest BCUT2D eigenvalue weighted by atomic mass is 10.2. The molecule has 0 saturated heterocycles. The maximum atomic E-state index is 11.8. The molecule has 1 aromatic rings. The number of hydrogen-bond acceptors (Lipinski definition) is 4. The quantitative estimate of drug-likeness (QED) is 0.812. The van der Waals surface area contributed by atoms with E-state index in [1.807, 2.05) is 6.92 Å². The molecule has 0 bridgehead atoms. The summed E-state index contributed by atoms with van der Waals surface area (Å²) < 4.78 is 24.9. The van der Waals surface area contributed by atoms with E-state index in [1.54, 1.807) is 24.3 Å². The fraction of sp³-hybridized carbons (Fsp3) is 0.500. The van der Waals surface area contributed by atoms with Gasteiger partial charge in [-0.1, -0.05) is 6.92 Å². The van der Waals surface area contributed by atoms with Crippen molar-refractivity contribution in [3.8, 4) is 0 Å². The van der Waals surface area contributed by atoms with Crippen LogP contribution in [0.2, 0.25) is 0 Å². The molecule has 102 valence electrons. The van der Waals surface area contributed by atoms with Gasteiger partial charge in [0, 0.05) is 32.4 Å². The molecule has 18 heavy (non-hydrogen) atoms. The Morgan fingerprint density at radius 1 is 1.28 bits per heavy atom. The molecule has 0 fully saturated rings. The predicted octanol–water partition coefficient (Wildman–Crippen LogP) is 1.09. The van der Waals surface area contributed by atoms with E-state index >= 15 is 0 Å². The molecule has 0 amide bonds. The second kappa shape index (κ2) is 6.17. The van der Waals surface area contributed by atoms with Crippen molar-refractivity contribution in [3.05, 3.63) is 24.3 Å². The molecule has 5 nitrogen and oxygen atoms in total. The van der Waals surface area contributed by atoms with E-state index in [1.165, 1.54) is 18.4 Å². The van der Waals surface area contributed by atoms with Crippen LogP contribution >= 0.6 is 0 Å². The second-order valence-electron chi connectivity index (χ2n) is 4.36. The van der Waals surface area contributed by atoms with E-state index in [0.717, 1.165) is 12.1 Å². The number of nitrogens with one attached hydrogen (secondary N) is 1. The molecule has 0 radical (unpaired) electrons. The Kier molecular flexibility index (Phi) is 5.13. The maximum absolute atomic E-state index is 11.8. The minimum Gasteiger partial charge on any atom is -0.383 e. The Bertz CT molecular complexity index is 469. The van der Waals surface area contributed by atoms with Gasteiger partial charge in [0.25, 0.3) is 0 Å². The number of benzene rings is 1. The van der Waals surface area contributed by atoms with Crippen LogP contribution in [0.25, 0.3) is 0 Å². The Balaban J connectivity index is 2.75. The summed E-state index contributed by atoms with van der Waals surface area (Å²) in [4.78, 5) is 0.290. The van der Waals surface area contributed by atoms with Crippen molar-refractivity contribution in [2.24, 2.45) is 5.73 Å². The van der Waals surface area contributed by atoms with Gasteiger partial charge in [0.2, 0.25) is 10.0 Å². The molecule has 0 aliphatic rings. The Labute approximate surface area is 109 Å². The molecule has 0 saturated carbocycles. The molecule has 0 aromatic heterocycles. The van der Waals surface area contributed by atoms with E-state index in [2.05, 4.69) is 5.32 Å². The van der Waals surface area contributed by atoms with Gasteiger partial charge in [0.15, 0.2) is 0 Å². The van der Waals surface area contributed by atoms with Gasteiger partial charge in [-0.15, -0.1) is 0 Å². The topological polar surface area (TPSA) is 75.4 Å². The second-order valence-corrected chi connectivity index (χ2v) is 6.51. The monoisotopic (exact) mass is 271 g/mol. The first-order valence-electron chi connectivity index (χ1n) is 5.90. The number of nitrogens with zero attached hydrogens (tertiary/aromatic N) is 1. The number of sulfonamides is 1. The summed E-state index contributed by atoms with van der Waals surface area (Å²) in [5.74, 6) is 0. The smallest absolute Gasteiger partial charge is 0.242 e. The summed E-state index contributed by atoms with van der Waals surface area (Å²) in [6, 6.07) is 6.79. The third kappa shape index (κ3) is 3.69. The van der Waals surface area contributed by atoms with E-state index in [0.29, 0.717) is 6.54 Å². The van der Waals surface area contributed by atoms with Crippen LogP contribution in [0.15, 0.2) is 29.2 Å². The Hall–Kier alpha value is -1.11. The highest BCUT2D eigenvalue weighted by atomic mass is 32.2. The zero-order chi connectivity index (χ0) is 13.8. The largest absolute Gasteiger partial charge is 0.383 e. The molecular weight excluding hydrogens is 250 g/mol. The molecule has 0 aliphatic carbocycles. The lowest BCUT2D eigenvalue weighted by Gasteiger charge is -2.13. The van der Waals surface area contributed by atoms with Crippen molar-refractivity contribution in [1.29, 1.82) is 0 Å². The van der Waals surface area contributed by atoms with Gasteiger partial charge in [-0.2, -0.15) is 0 Å². The molecule has 6 heteroatoms. The van der Waals surface area contributed by atoms with Crippen LogP contribution in [0.5, 0.6) is 0 Å². The Morgan fingerprint density at radius 2 is 1.83 bits per heavy atom. The van der Waals surface area contributed by atoms with Crippen LogP contribution in [0.4, 0.5) is 5.69 Å². The van der Waals surface area contributed by atoms with Crippen LogP contribution in [0, 0.1) is 0 Å². The fourth-order valence-electron chi connectivity index (χ4n) is 1.35. The minimum absolute atomic E-state index is 0.107.